The van der Waals surface area contributed by atoms with E-state index in [-0.39, 0.29) is 35.8 Å². The Morgan fingerprint density at radius 2 is 1.67 bits per heavy atom. The van der Waals surface area contributed by atoms with Gasteiger partial charge in [0.15, 0.2) is 0 Å². The van der Waals surface area contributed by atoms with Crippen LogP contribution in [0.3, 0.4) is 0 Å². The van der Waals surface area contributed by atoms with Gasteiger partial charge < -0.3 is 25.8 Å². The van der Waals surface area contributed by atoms with Crippen molar-refractivity contribution in [2.75, 3.05) is 45.1 Å². The molecule has 48 heavy (non-hydrogen) atoms. The number of carbonyl (C=O) groups is 4. The molecule has 4 amide bonds. The fourth-order valence-electron chi connectivity index (χ4n) is 6.42. The predicted molar refractivity (Wildman–Crippen MR) is 178 cm³/mol. The number of halogens is 2. The minimum atomic E-state index is -3.95. The Bertz CT molecular complexity index is 1480. The van der Waals surface area contributed by atoms with E-state index >= 15 is 8.78 Å². The molecule has 10 nitrogen and oxygen atoms in total. The number of hydrogen-bond acceptors (Lipinski definition) is 6. The molecule has 258 valence electrons. The second-order valence-electron chi connectivity index (χ2n) is 12.9. The van der Waals surface area contributed by atoms with Crippen LogP contribution in [0.15, 0.2) is 48.5 Å². The maximum atomic E-state index is 15.3. The molecule has 4 rings (SSSR count). The first-order chi connectivity index (χ1) is 22.9. The van der Waals surface area contributed by atoms with Gasteiger partial charge >= 0.3 is 5.92 Å². The lowest BCUT2D eigenvalue weighted by molar-refractivity contribution is -0.149. The number of hydrogen-bond donors (Lipinski definition) is 3. The zero-order chi connectivity index (χ0) is 34.8. The van der Waals surface area contributed by atoms with Crippen LogP contribution in [0.25, 0.3) is 0 Å². The van der Waals surface area contributed by atoms with Crippen LogP contribution >= 0.6 is 0 Å². The van der Waals surface area contributed by atoms with E-state index < -0.39 is 35.3 Å². The van der Waals surface area contributed by atoms with Gasteiger partial charge in [-0.2, -0.15) is 14.0 Å². The number of nitrogens with one attached hydrogen (secondary N) is 3. The number of nitriles is 1. The fourth-order valence-corrected chi connectivity index (χ4v) is 6.42. The van der Waals surface area contributed by atoms with Crippen molar-refractivity contribution < 1.29 is 28.0 Å². The normalized spacial score (nSPS) is 17.8. The second-order valence-corrected chi connectivity index (χ2v) is 12.9. The van der Waals surface area contributed by atoms with Gasteiger partial charge in [0.25, 0.3) is 5.91 Å². The first kappa shape index (κ1) is 36.5. The minimum Gasteiger partial charge on any atom is -0.355 e. The van der Waals surface area contributed by atoms with Crippen LogP contribution < -0.4 is 16.0 Å². The number of anilines is 1. The van der Waals surface area contributed by atoms with Crippen molar-refractivity contribution in [2.24, 2.45) is 11.8 Å². The van der Waals surface area contributed by atoms with Crippen molar-refractivity contribution in [3.63, 3.8) is 0 Å². The highest BCUT2D eigenvalue weighted by Gasteiger charge is 2.44. The third-order valence-corrected chi connectivity index (χ3v) is 9.61. The van der Waals surface area contributed by atoms with E-state index in [0.717, 1.165) is 50.0 Å². The Balaban J connectivity index is 1.49. The summed E-state index contributed by atoms with van der Waals surface area (Å²) in [6, 6.07) is 12.3. The Labute approximate surface area is 281 Å². The number of alkyl halides is 2. The molecule has 0 bridgehead atoms. The van der Waals surface area contributed by atoms with E-state index in [9.17, 15) is 19.2 Å². The van der Waals surface area contributed by atoms with E-state index in [1.807, 2.05) is 18.9 Å². The van der Waals surface area contributed by atoms with E-state index in [1.165, 1.54) is 12.1 Å². The Morgan fingerprint density at radius 3 is 2.29 bits per heavy atom. The zero-order valence-electron chi connectivity index (χ0n) is 27.9. The summed E-state index contributed by atoms with van der Waals surface area (Å²) in [7, 11) is 2.02. The van der Waals surface area contributed by atoms with E-state index in [0.29, 0.717) is 38.0 Å². The molecular weight excluding hydrogens is 618 g/mol. The molecule has 12 heteroatoms. The molecule has 2 aromatic carbocycles. The summed E-state index contributed by atoms with van der Waals surface area (Å²) in [5.74, 6) is -7.37. The van der Waals surface area contributed by atoms with Crippen LogP contribution in [0.4, 0.5) is 14.5 Å². The molecule has 0 spiro atoms. The SMILES string of the molecule is CCC(=O)NC[C@@H](C(=O)N1CCN(C)CC1)[C@@H](C)c1ccc(NC(=O)[C@@H](NC(=O)C(F)(F)c2cccc(C#N)c2)C2CCCCC2)cc1. The molecular formula is C36H46F2N6O4. The Kier molecular flexibility index (Phi) is 12.6. The van der Waals surface area contributed by atoms with Crippen molar-refractivity contribution in [2.45, 2.75) is 70.3 Å². The van der Waals surface area contributed by atoms with Crippen molar-refractivity contribution in [1.29, 1.82) is 5.26 Å². The summed E-state index contributed by atoms with van der Waals surface area (Å²) in [6.07, 6.45) is 4.15. The van der Waals surface area contributed by atoms with Gasteiger partial charge in [-0.05, 0) is 61.6 Å². The van der Waals surface area contributed by atoms with E-state index in [4.69, 9.17) is 5.26 Å². The number of carbonyl (C=O) groups excluding carboxylic acids is 4. The van der Waals surface area contributed by atoms with Gasteiger partial charge in [0.1, 0.15) is 6.04 Å². The van der Waals surface area contributed by atoms with Crippen molar-refractivity contribution in [1.82, 2.24) is 20.4 Å². The number of rotatable bonds is 12. The molecule has 0 radical (unpaired) electrons. The fraction of sp³-hybridized carbons (Fsp3) is 0.528. The summed E-state index contributed by atoms with van der Waals surface area (Å²) in [5, 5.41) is 17.1. The largest absolute Gasteiger partial charge is 0.355 e. The summed E-state index contributed by atoms with van der Waals surface area (Å²) in [6.45, 7) is 6.67. The minimum absolute atomic E-state index is 0.0000375. The topological polar surface area (TPSA) is 135 Å². The monoisotopic (exact) mass is 664 g/mol. The molecule has 1 aliphatic carbocycles. The van der Waals surface area contributed by atoms with Crippen molar-refractivity contribution in [3.8, 4) is 6.07 Å². The van der Waals surface area contributed by atoms with Crippen LogP contribution in [-0.4, -0.2) is 79.2 Å². The van der Waals surface area contributed by atoms with Gasteiger partial charge in [0, 0.05) is 50.4 Å². The van der Waals surface area contributed by atoms with Crippen molar-refractivity contribution in [3.05, 3.63) is 65.2 Å². The van der Waals surface area contributed by atoms with Crippen LogP contribution in [-0.2, 0) is 25.1 Å². The van der Waals surface area contributed by atoms with Gasteiger partial charge in [-0.25, -0.2) is 0 Å². The average Bonchev–Trinajstić information content (AvgIpc) is 3.11. The van der Waals surface area contributed by atoms with Crippen LogP contribution in [0, 0.1) is 23.2 Å². The molecule has 2 aliphatic rings. The molecule has 1 heterocycles. The third-order valence-electron chi connectivity index (χ3n) is 9.61. The van der Waals surface area contributed by atoms with Gasteiger partial charge in [-0.15, -0.1) is 0 Å². The molecule has 2 aromatic rings. The molecule has 3 atom stereocenters. The smallest absolute Gasteiger partial charge is 0.349 e. The van der Waals surface area contributed by atoms with Gasteiger partial charge in [-0.3, -0.25) is 19.2 Å². The van der Waals surface area contributed by atoms with Crippen molar-refractivity contribution >= 4 is 29.3 Å². The summed E-state index contributed by atoms with van der Waals surface area (Å²) in [4.78, 5) is 56.3. The Hall–Kier alpha value is -4.37. The summed E-state index contributed by atoms with van der Waals surface area (Å²) < 4.78 is 30.6. The highest BCUT2D eigenvalue weighted by Crippen LogP contribution is 2.32. The highest BCUT2D eigenvalue weighted by atomic mass is 19.3. The Morgan fingerprint density at radius 1 is 1.00 bits per heavy atom. The van der Waals surface area contributed by atoms with Gasteiger partial charge in [-0.1, -0.05) is 57.4 Å². The van der Waals surface area contributed by atoms with Crippen LogP contribution in [0.5, 0.6) is 0 Å². The lowest BCUT2D eigenvalue weighted by Gasteiger charge is -2.36. The van der Waals surface area contributed by atoms with Gasteiger partial charge in [0.05, 0.1) is 17.6 Å². The quantitative estimate of drug-likeness (QED) is 0.309. The highest BCUT2D eigenvalue weighted by molar-refractivity contribution is 5.98. The van der Waals surface area contributed by atoms with Gasteiger partial charge in [0.2, 0.25) is 17.7 Å². The number of nitrogens with zero attached hydrogens (tertiary/aromatic N) is 3. The second kappa shape index (κ2) is 16.6. The number of amides is 4. The standard InChI is InChI=1S/C36H46F2N6O4/c1-4-31(45)40-23-30(34(47)44-19-17-43(3)18-20-44)24(2)26-13-15-29(16-14-26)41-33(46)32(27-10-6-5-7-11-27)42-35(48)36(37,38)28-12-8-9-25(21-28)22-39/h8-9,12-16,21,24,27,30,32H,4-7,10-11,17-20,23H2,1-3H3,(H,40,45)(H,41,46)(H,42,48)/t24-,30+,32-/m0/s1. The van der Waals surface area contributed by atoms with Crippen LogP contribution in [0.2, 0.25) is 0 Å². The first-order valence-corrected chi connectivity index (χ1v) is 16.8. The molecule has 2 fully saturated rings. The third kappa shape index (κ3) is 9.16. The number of likely N-dealkylation sites (N-methyl/N-ethyl adjacent to an activating group) is 1. The molecule has 0 aromatic heterocycles. The summed E-state index contributed by atoms with van der Waals surface area (Å²) in [5.41, 5.74) is 0.633. The molecule has 1 saturated heterocycles. The zero-order valence-corrected chi connectivity index (χ0v) is 27.9. The molecule has 3 N–H and O–H groups in total. The number of piperazine rings is 1. The maximum Gasteiger partial charge on any atom is 0.349 e. The molecule has 1 aliphatic heterocycles. The average molecular weight is 665 g/mol. The maximum absolute atomic E-state index is 15.3. The van der Waals surface area contributed by atoms with E-state index in [2.05, 4.69) is 20.9 Å². The predicted octanol–water partition coefficient (Wildman–Crippen LogP) is 4.37. The molecule has 0 unspecified atom stereocenters. The number of benzene rings is 2. The van der Waals surface area contributed by atoms with Crippen LogP contribution in [0.1, 0.15) is 75.0 Å². The molecule has 1 saturated carbocycles. The first-order valence-electron chi connectivity index (χ1n) is 16.8. The van der Waals surface area contributed by atoms with E-state index in [1.54, 1.807) is 37.3 Å². The summed E-state index contributed by atoms with van der Waals surface area (Å²) >= 11 is 0. The lowest BCUT2D eigenvalue weighted by Crippen LogP contribution is -2.52. The lowest BCUT2D eigenvalue weighted by atomic mass is 9.83.